The Morgan fingerprint density at radius 2 is 1.72 bits per heavy atom. The van der Waals surface area contributed by atoms with Crippen LogP contribution < -0.4 is 10.1 Å². The van der Waals surface area contributed by atoms with Crippen molar-refractivity contribution in [2.24, 2.45) is 0 Å². The maximum Gasteiger partial charge on any atom is 0.254 e. The molecule has 7 nitrogen and oxygen atoms in total. The highest BCUT2D eigenvalue weighted by Gasteiger charge is 2.26. The number of piperidine rings is 1. The van der Waals surface area contributed by atoms with Crippen LogP contribution in [0.5, 0.6) is 5.88 Å². The van der Waals surface area contributed by atoms with Crippen LogP contribution in [0.15, 0.2) is 60.7 Å². The van der Waals surface area contributed by atoms with Gasteiger partial charge in [-0.3, -0.25) is 9.59 Å². The highest BCUT2D eigenvalue weighted by molar-refractivity contribution is 6.30. The zero-order valence-electron chi connectivity index (χ0n) is 17.6. The summed E-state index contributed by atoms with van der Waals surface area (Å²) in [5.41, 5.74) is 2.49. The standard InChI is InChI=1S/C24H23ClN4O3/c1-32-22-11-10-21(27-28-22)19-4-2-3-5-20(19)24(31)29-14-12-18(13-15-29)26-23(30)16-6-8-17(25)9-7-16/h2-11,18H,12-15H2,1H3,(H,26,30). The molecule has 0 unspecified atom stereocenters. The molecule has 1 aliphatic heterocycles. The first-order valence-electron chi connectivity index (χ1n) is 10.4. The van der Waals surface area contributed by atoms with Crippen LogP contribution in [-0.4, -0.2) is 53.2 Å². The molecule has 1 N–H and O–H groups in total. The molecule has 1 fully saturated rings. The number of hydrogen-bond acceptors (Lipinski definition) is 5. The van der Waals surface area contributed by atoms with Crippen LogP contribution in [0.25, 0.3) is 11.3 Å². The molecule has 1 aromatic heterocycles. The third kappa shape index (κ3) is 4.89. The molecule has 0 spiro atoms. The molecular weight excluding hydrogens is 428 g/mol. The molecule has 164 valence electrons. The van der Waals surface area contributed by atoms with Gasteiger partial charge in [-0.15, -0.1) is 10.2 Å². The van der Waals surface area contributed by atoms with E-state index in [1.54, 1.807) is 42.5 Å². The number of nitrogens with zero attached hydrogens (tertiary/aromatic N) is 3. The van der Waals surface area contributed by atoms with Crippen molar-refractivity contribution in [3.63, 3.8) is 0 Å². The Morgan fingerprint density at radius 3 is 2.38 bits per heavy atom. The molecule has 0 aliphatic carbocycles. The SMILES string of the molecule is COc1ccc(-c2ccccc2C(=O)N2CCC(NC(=O)c3ccc(Cl)cc3)CC2)nn1. The van der Waals surface area contributed by atoms with Crippen LogP contribution in [-0.2, 0) is 0 Å². The minimum Gasteiger partial charge on any atom is -0.480 e. The predicted octanol–water partition coefficient (Wildman–Crippen LogP) is 3.84. The van der Waals surface area contributed by atoms with Crippen LogP contribution in [0, 0.1) is 0 Å². The van der Waals surface area contributed by atoms with E-state index in [1.165, 1.54) is 7.11 Å². The second kappa shape index (κ2) is 9.78. The Labute approximate surface area is 191 Å². The van der Waals surface area contributed by atoms with E-state index in [0.29, 0.717) is 53.7 Å². The van der Waals surface area contributed by atoms with Gasteiger partial charge in [-0.2, -0.15) is 0 Å². The Balaban J connectivity index is 1.40. The number of amides is 2. The first-order valence-corrected chi connectivity index (χ1v) is 10.8. The largest absolute Gasteiger partial charge is 0.480 e. The van der Waals surface area contributed by atoms with E-state index in [9.17, 15) is 9.59 Å². The van der Waals surface area contributed by atoms with E-state index in [0.717, 1.165) is 5.56 Å². The Kier molecular flexibility index (Phi) is 6.66. The average Bonchev–Trinajstić information content (AvgIpc) is 2.84. The fourth-order valence-electron chi connectivity index (χ4n) is 3.73. The molecule has 32 heavy (non-hydrogen) atoms. The number of aromatic nitrogens is 2. The number of hydrogen-bond donors (Lipinski definition) is 1. The van der Waals surface area contributed by atoms with Gasteiger partial charge in [0.15, 0.2) is 0 Å². The topological polar surface area (TPSA) is 84.4 Å². The van der Waals surface area contributed by atoms with Gasteiger partial charge >= 0.3 is 0 Å². The lowest BCUT2D eigenvalue weighted by Gasteiger charge is -2.32. The molecule has 2 amide bonds. The molecule has 0 atom stereocenters. The van der Waals surface area contributed by atoms with Gasteiger partial charge in [-0.25, -0.2) is 0 Å². The van der Waals surface area contributed by atoms with Gasteiger partial charge in [0.25, 0.3) is 11.8 Å². The zero-order chi connectivity index (χ0) is 22.5. The second-order valence-corrected chi connectivity index (χ2v) is 7.99. The van der Waals surface area contributed by atoms with Crippen molar-refractivity contribution in [3.05, 3.63) is 76.8 Å². The maximum atomic E-state index is 13.3. The predicted molar refractivity (Wildman–Crippen MR) is 122 cm³/mol. The number of carbonyl (C=O) groups excluding carboxylic acids is 2. The van der Waals surface area contributed by atoms with E-state index >= 15 is 0 Å². The van der Waals surface area contributed by atoms with E-state index < -0.39 is 0 Å². The van der Waals surface area contributed by atoms with E-state index in [-0.39, 0.29) is 17.9 Å². The van der Waals surface area contributed by atoms with Crippen molar-refractivity contribution in [1.82, 2.24) is 20.4 Å². The Hall–Kier alpha value is -3.45. The molecule has 2 heterocycles. The number of halogens is 1. The van der Waals surface area contributed by atoms with Crippen molar-refractivity contribution >= 4 is 23.4 Å². The van der Waals surface area contributed by atoms with Crippen LogP contribution in [0.1, 0.15) is 33.6 Å². The summed E-state index contributed by atoms with van der Waals surface area (Å²) in [5, 5.41) is 11.8. The normalized spacial score (nSPS) is 14.1. The number of methoxy groups -OCH3 is 1. The molecule has 0 radical (unpaired) electrons. The molecule has 4 rings (SSSR count). The highest BCUT2D eigenvalue weighted by atomic mass is 35.5. The number of rotatable bonds is 5. The number of nitrogens with one attached hydrogen (secondary N) is 1. The first kappa shape index (κ1) is 21.8. The zero-order valence-corrected chi connectivity index (χ0v) is 18.4. The molecule has 0 saturated carbocycles. The van der Waals surface area contributed by atoms with Gasteiger partial charge in [0.05, 0.1) is 12.8 Å². The van der Waals surface area contributed by atoms with Gasteiger partial charge in [0.1, 0.15) is 0 Å². The van der Waals surface area contributed by atoms with Crippen molar-refractivity contribution in [2.75, 3.05) is 20.2 Å². The van der Waals surface area contributed by atoms with Crippen LogP contribution in [0.3, 0.4) is 0 Å². The highest BCUT2D eigenvalue weighted by Crippen LogP contribution is 2.25. The molecule has 8 heteroatoms. The van der Waals surface area contributed by atoms with Crippen molar-refractivity contribution < 1.29 is 14.3 Å². The Morgan fingerprint density at radius 1 is 1.00 bits per heavy atom. The second-order valence-electron chi connectivity index (χ2n) is 7.55. The van der Waals surface area contributed by atoms with Gasteiger partial charge < -0.3 is 15.0 Å². The van der Waals surface area contributed by atoms with Crippen molar-refractivity contribution in [2.45, 2.75) is 18.9 Å². The maximum absolute atomic E-state index is 13.3. The van der Waals surface area contributed by atoms with E-state index in [4.69, 9.17) is 16.3 Å². The lowest BCUT2D eigenvalue weighted by atomic mass is 10.00. The Bertz CT molecular complexity index is 1090. The average molecular weight is 451 g/mol. The fourth-order valence-corrected chi connectivity index (χ4v) is 3.86. The van der Waals surface area contributed by atoms with E-state index in [1.807, 2.05) is 23.1 Å². The third-order valence-corrected chi connectivity index (χ3v) is 5.76. The lowest BCUT2D eigenvalue weighted by Crippen LogP contribution is -2.46. The summed E-state index contributed by atoms with van der Waals surface area (Å²) in [6.45, 7) is 1.13. The van der Waals surface area contributed by atoms with Crippen molar-refractivity contribution in [1.29, 1.82) is 0 Å². The third-order valence-electron chi connectivity index (χ3n) is 5.51. The summed E-state index contributed by atoms with van der Waals surface area (Å²) in [7, 11) is 1.53. The van der Waals surface area contributed by atoms with E-state index in [2.05, 4.69) is 15.5 Å². The molecular formula is C24H23ClN4O3. The van der Waals surface area contributed by atoms with Gasteiger partial charge in [0.2, 0.25) is 5.88 Å². The molecule has 1 aliphatic rings. The summed E-state index contributed by atoms with van der Waals surface area (Å²) >= 11 is 5.89. The minimum absolute atomic E-state index is 0.0185. The smallest absolute Gasteiger partial charge is 0.254 e. The number of benzene rings is 2. The summed E-state index contributed by atoms with van der Waals surface area (Å²) in [6.07, 6.45) is 1.38. The molecule has 1 saturated heterocycles. The van der Waals surface area contributed by atoms with Gasteiger partial charge in [0, 0.05) is 46.9 Å². The van der Waals surface area contributed by atoms with Crippen LogP contribution in [0.2, 0.25) is 5.02 Å². The summed E-state index contributed by atoms with van der Waals surface area (Å²) < 4.78 is 5.06. The fraction of sp³-hybridized carbons (Fsp3) is 0.250. The molecule has 3 aromatic rings. The van der Waals surface area contributed by atoms with Gasteiger partial charge in [-0.1, -0.05) is 29.8 Å². The minimum atomic E-state index is -0.130. The monoisotopic (exact) mass is 450 g/mol. The van der Waals surface area contributed by atoms with Gasteiger partial charge in [-0.05, 0) is 49.2 Å². The van der Waals surface area contributed by atoms with Crippen LogP contribution in [0.4, 0.5) is 0 Å². The first-order chi connectivity index (χ1) is 15.5. The quantitative estimate of drug-likeness (QED) is 0.638. The summed E-state index contributed by atoms with van der Waals surface area (Å²) in [5.74, 6) is 0.232. The molecule has 0 bridgehead atoms. The van der Waals surface area contributed by atoms with Crippen molar-refractivity contribution in [3.8, 4) is 17.1 Å². The number of likely N-dealkylation sites (tertiary alicyclic amines) is 1. The number of ether oxygens (including phenoxy) is 1. The number of carbonyl (C=O) groups is 2. The lowest BCUT2D eigenvalue weighted by molar-refractivity contribution is 0.0699. The molecule has 2 aromatic carbocycles. The summed E-state index contributed by atoms with van der Waals surface area (Å²) in [6, 6.07) is 17.7. The summed E-state index contributed by atoms with van der Waals surface area (Å²) in [4.78, 5) is 27.5. The van der Waals surface area contributed by atoms with Crippen LogP contribution >= 0.6 is 11.6 Å².